The molecule has 1 amide bonds. The fraction of sp³-hybridized carbons (Fsp3) is 0.526. The molecule has 6 nitrogen and oxygen atoms in total. The number of aromatic nitrogens is 3. The lowest BCUT2D eigenvalue weighted by Gasteiger charge is -2.14. The molecule has 0 unspecified atom stereocenters. The van der Waals surface area contributed by atoms with Crippen molar-refractivity contribution in [3.05, 3.63) is 35.7 Å². The summed E-state index contributed by atoms with van der Waals surface area (Å²) in [5, 5.41) is 12.5. The van der Waals surface area contributed by atoms with Gasteiger partial charge in [-0.25, -0.2) is 0 Å². The third kappa shape index (κ3) is 4.27. The Morgan fingerprint density at radius 3 is 2.96 bits per heavy atom. The Balaban J connectivity index is 1.40. The van der Waals surface area contributed by atoms with Crippen molar-refractivity contribution in [1.82, 2.24) is 14.8 Å². The first-order valence-corrected chi connectivity index (χ1v) is 10.2. The third-order valence-electron chi connectivity index (χ3n) is 4.73. The number of carbonyl (C=O) groups excluding carboxylic acids is 1. The monoisotopic (exact) mass is 372 g/mol. The molecule has 26 heavy (non-hydrogen) atoms. The Kier molecular flexibility index (Phi) is 5.26. The van der Waals surface area contributed by atoms with Crippen LogP contribution < -0.4 is 5.32 Å². The second kappa shape index (κ2) is 7.80. The molecule has 2 aromatic rings. The number of hydrogen-bond donors (Lipinski definition) is 1. The number of ether oxygens (including phenoxy) is 1. The van der Waals surface area contributed by atoms with Crippen molar-refractivity contribution in [2.24, 2.45) is 0 Å². The summed E-state index contributed by atoms with van der Waals surface area (Å²) < 4.78 is 7.97. The third-order valence-corrected chi connectivity index (χ3v) is 5.70. The molecule has 1 N–H and O–H groups in total. The largest absolute Gasteiger partial charge is 0.376 e. The topological polar surface area (TPSA) is 69.0 Å². The first-order chi connectivity index (χ1) is 12.7. The lowest BCUT2D eigenvalue weighted by atomic mass is 10.2. The quantitative estimate of drug-likeness (QED) is 0.755. The summed E-state index contributed by atoms with van der Waals surface area (Å²) in [7, 11) is 0. The maximum atomic E-state index is 12.3. The molecule has 138 valence electrons. The first-order valence-electron chi connectivity index (χ1n) is 9.23. The molecule has 7 heteroatoms. The Hall–Kier alpha value is -1.86. The number of carbonyl (C=O) groups is 1. The molecular formula is C19H24N4O2S. The van der Waals surface area contributed by atoms with Gasteiger partial charge in [0.05, 0.1) is 18.4 Å². The van der Waals surface area contributed by atoms with Crippen molar-refractivity contribution in [1.29, 1.82) is 0 Å². The molecule has 2 fully saturated rings. The summed E-state index contributed by atoms with van der Waals surface area (Å²) in [6.07, 6.45) is 4.81. The Bertz CT molecular complexity index is 782. The molecule has 0 spiro atoms. The smallest absolute Gasteiger partial charge is 0.234 e. The van der Waals surface area contributed by atoms with Crippen LogP contribution in [0.2, 0.25) is 0 Å². The minimum Gasteiger partial charge on any atom is -0.376 e. The second-order valence-electron chi connectivity index (χ2n) is 7.07. The van der Waals surface area contributed by atoms with Crippen molar-refractivity contribution >= 4 is 23.4 Å². The predicted molar refractivity (Wildman–Crippen MR) is 102 cm³/mol. The van der Waals surface area contributed by atoms with Crippen LogP contribution in [0, 0.1) is 6.92 Å². The van der Waals surface area contributed by atoms with Crippen LogP contribution in [0.1, 0.15) is 43.0 Å². The van der Waals surface area contributed by atoms with Gasteiger partial charge in [0.2, 0.25) is 5.91 Å². The maximum absolute atomic E-state index is 12.3. The van der Waals surface area contributed by atoms with Crippen LogP contribution in [-0.4, -0.2) is 39.1 Å². The van der Waals surface area contributed by atoms with E-state index in [-0.39, 0.29) is 12.0 Å². The fourth-order valence-corrected chi connectivity index (χ4v) is 4.02. The molecule has 1 aliphatic carbocycles. The van der Waals surface area contributed by atoms with Gasteiger partial charge in [0.15, 0.2) is 5.16 Å². The summed E-state index contributed by atoms with van der Waals surface area (Å²) in [5.41, 5.74) is 1.95. The average Bonchev–Trinajstić information content (AvgIpc) is 3.18. The van der Waals surface area contributed by atoms with Crippen molar-refractivity contribution in [2.45, 2.75) is 56.3 Å². The van der Waals surface area contributed by atoms with Gasteiger partial charge in [0, 0.05) is 18.2 Å². The maximum Gasteiger partial charge on any atom is 0.234 e. The van der Waals surface area contributed by atoms with Crippen LogP contribution >= 0.6 is 11.8 Å². The van der Waals surface area contributed by atoms with Gasteiger partial charge in [-0.1, -0.05) is 23.9 Å². The van der Waals surface area contributed by atoms with Gasteiger partial charge in [-0.3, -0.25) is 4.79 Å². The van der Waals surface area contributed by atoms with Gasteiger partial charge in [0.25, 0.3) is 0 Å². The number of amides is 1. The van der Waals surface area contributed by atoms with Gasteiger partial charge in [-0.15, -0.1) is 10.2 Å². The molecule has 1 saturated carbocycles. The zero-order valence-electron chi connectivity index (χ0n) is 15.0. The van der Waals surface area contributed by atoms with E-state index in [1.807, 2.05) is 31.2 Å². The van der Waals surface area contributed by atoms with Crippen LogP contribution in [0.25, 0.3) is 0 Å². The van der Waals surface area contributed by atoms with E-state index < -0.39 is 0 Å². The van der Waals surface area contributed by atoms with Crippen molar-refractivity contribution in [3.8, 4) is 0 Å². The highest BCUT2D eigenvalue weighted by molar-refractivity contribution is 7.99. The number of nitrogens with one attached hydrogen (secondary N) is 1. The van der Waals surface area contributed by atoms with Gasteiger partial charge in [-0.05, 0) is 50.3 Å². The van der Waals surface area contributed by atoms with Crippen LogP contribution in [-0.2, 0) is 16.1 Å². The van der Waals surface area contributed by atoms with Crippen molar-refractivity contribution < 1.29 is 9.53 Å². The normalized spacial score (nSPS) is 19.7. The van der Waals surface area contributed by atoms with Crippen molar-refractivity contribution in [2.75, 3.05) is 17.7 Å². The lowest BCUT2D eigenvalue weighted by molar-refractivity contribution is -0.113. The lowest BCUT2D eigenvalue weighted by Crippen LogP contribution is -2.19. The summed E-state index contributed by atoms with van der Waals surface area (Å²) in [5.74, 6) is 1.88. The highest BCUT2D eigenvalue weighted by Crippen LogP contribution is 2.40. The Labute approximate surface area is 157 Å². The highest BCUT2D eigenvalue weighted by Gasteiger charge is 2.31. The fourth-order valence-electron chi connectivity index (χ4n) is 3.26. The molecule has 4 rings (SSSR count). The Morgan fingerprint density at radius 2 is 2.23 bits per heavy atom. The van der Waals surface area contributed by atoms with Crippen LogP contribution in [0.15, 0.2) is 29.4 Å². The number of aryl methyl sites for hydroxylation is 1. The molecule has 1 aromatic carbocycles. The number of thioether (sulfide) groups is 1. The summed E-state index contributed by atoms with van der Waals surface area (Å²) in [6, 6.07) is 7.82. The summed E-state index contributed by atoms with van der Waals surface area (Å²) in [4.78, 5) is 12.3. The van der Waals surface area contributed by atoms with Crippen molar-refractivity contribution in [3.63, 3.8) is 0 Å². The van der Waals surface area contributed by atoms with E-state index >= 15 is 0 Å². The number of benzene rings is 1. The average molecular weight is 372 g/mol. The van der Waals surface area contributed by atoms with Crippen LogP contribution in [0.5, 0.6) is 0 Å². The zero-order chi connectivity index (χ0) is 17.9. The van der Waals surface area contributed by atoms with Gasteiger partial charge < -0.3 is 14.6 Å². The van der Waals surface area contributed by atoms with E-state index in [2.05, 4.69) is 20.1 Å². The minimum atomic E-state index is -0.0276. The number of rotatable bonds is 7. The molecule has 1 atom stereocenters. The SMILES string of the molecule is Cc1cccc(NC(=O)CSc2nnc(C3CC3)n2C[C@@H]2CCCO2)c1. The van der Waals surface area contributed by atoms with Crippen LogP contribution in [0.3, 0.4) is 0 Å². The standard InChI is InChI=1S/C19H24N4O2S/c1-13-4-2-5-15(10-13)20-17(24)12-26-19-22-21-18(14-7-8-14)23(19)11-16-6-3-9-25-16/h2,4-5,10,14,16H,3,6-9,11-12H2,1H3,(H,20,24)/t16-/m0/s1. The molecule has 0 radical (unpaired) electrons. The molecule has 2 heterocycles. The molecule has 0 bridgehead atoms. The van der Waals surface area contributed by atoms with Crippen LogP contribution in [0.4, 0.5) is 5.69 Å². The number of anilines is 1. The summed E-state index contributed by atoms with van der Waals surface area (Å²) in [6.45, 7) is 3.64. The first kappa shape index (κ1) is 17.5. The van der Waals surface area contributed by atoms with E-state index in [4.69, 9.17) is 4.74 Å². The number of hydrogen-bond acceptors (Lipinski definition) is 5. The molecular weight excluding hydrogens is 348 g/mol. The van der Waals surface area contributed by atoms with Gasteiger partial charge >= 0.3 is 0 Å². The molecule has 1 saturated heterocycles. The molecule has 2 aliphatic rings. The van der Waals surface area contributed by atoms with E-state index in [0.29, 0.717) is 11.7 Å². The second-order valence-corrected chi connectivity index (χ2v) is 8.01. The summed E-state index contributed by atoms with van der Waals surface area (Å²) >= 11 is 1.45. The zero-order valence-corrected chi connectivity index (χ0v) is 15.8. The molecule has 1 aliphatic heterocycles. The van der Waals surface area contributed by atoms with E-state index in [1.54, 1.807) is 0 Å². The van der Waals surface area contributed by atoms with E-state index in [0.717, 1.165) is 48.2 Å². The predicted octanol–water partition coefficient (Wildman–Crippen LogP) is 3.37. The minimum absolute atomic E-state index is 0.0276. The van der Waals surface area contributed by atoms with E-state index in [1.165, 1.54) is 24.6 Å². The van der Waals surface area contributed by atoms with E-state index in [9.17, 15) is 4.79 Å². The van der Waals surface area contributed by atoms with Gasteiger partial charge in [-0.2, -0.15) is 0 Å². The number of nitrogens with zero attached hydrogens (tertiary/aromatic N) is 3. The highest BCUT2D eigenvalue weighted by atomic mass is 32.2. The molecule has 1 aromatic heterocycles. The van der Waals surface area contributed by atoms with Gasteiger partial charge in [0.1, 0.15) is 5.82 Å². The Morgan fingerprint density at radius 1 is 1.35 bits per heavy atom.